The molecule has 0 aromatic heterocycles. The van der Waals surface area contributed by atoms with E-state index < -0.39 is 16.1 Å². The minimum Gasteiger partial charge on any atom is -0.493 e. The van der Waals surface area contributed by atoms with Crippen molar-refractivity contribution in [1.29, 1.82) is 0 Å². The van der Waals surface area contributed by atoms with Gasteiger partial charge in [0.15, 0.2) is 11.5 Å². The molecule has 2 aromatic rings. The van der Waals surface area contributed by atoms with Gasteiger partial charge in [-0.05, 0) is 54.3 Å². The third-order valence-corrected chi connectivity index (χ3v) is 5.82. The maximum absolute atomic E-state index is 12.5. The summed E-state index contributed by atoms with van der Waals surface area (Å²) in [4.78, 5) is 12.5. The van der Waals surface area contributed by atoms with Crippen LogP contribution in [0.5, 0.6) is 17.2 Å². The Labute approximate surface area is 212 Å². The number of methoxy groups -OCH3 is 2. The molecule has 0 bridgehead atoms. The van der Waals surface area contributed by atoms with Gasteiger partial charge >= 0.3 is 0 Å². The highest BCUT2D eigenvalue weighted by Gasteiger charge is 2.25. The minimum atomic E-state index is -3.51. The van der Waals surface area contributed by atoms with Crippen LogP contribution in [0.1, 0.15) is 25.0 Å². The largest absolute Gasteiger partial charge is 0.493 e. The predicted octanol–water partition coefficient (Wildman–Crippen LogP) is 3.02. The van der Waals surface area contributed by atoms with Gasteiger partial charge in [-0.3, -0.25) is 4.79 Å². The number of carbonyl (C=O) groups is 1. The van der Waals surface area contributed by atoms with Gasteiger partial charge in [-0.15, -0.1) is 0 Å². The molecule has 0 spiro atoms. The number of carbonyl (C=O) groups excluding carboxylic acids is 1. The van der Waals surface area contributed by atoms with E-state index in [-0.39, 0.29) is 18.4 Å². The quantitative estimate of drug-likeness (QED) is 0.440. The average Bonchev–Trinajstić information content (AvgIpc) is 2.80. The normalized spacial score (nSPS) is 11.9. The number of amides is 1. The van der Waals surface area contributed by atoms with Gasteiger partial charge in [-0.1, -0.05) is 37.3 Å². The summed E-state index contributed by atoms with van der Waals surface area (Å²) in [5, 5.41) is 3.43. The molecule has 0 aliphatic carbocycles. The van der Waals surface area contributed by atoms with E-state index in [2.05, 4.69) is 21.9 Å². The third-order valence-electron chi connectivity index (χ3n) is 4.89. The molecule has 0 saturated heterocycles. The van der Waals surface area contributed by atoms with Crippen molar-refractivity contribution in [3.05, 3.63) is 52.5 Å². The molecule has 0 saturated carbocycles. The highest BCUT2D eigenvalue weighted by atomic mass is 35.5. The van der Waals surface area contributed by atoms with E-state index in [0.717, 1.165) is 17.4 Å². The number of sulfonamides is 1. The zero-order valence-corrected chi connectivity index (χ0v) is 22.0. The minimum absolute atomic E-state index is 0.120. The summed E-state index contributed by atoms with van der Waals surface area (Å²) in [7, 11) is -0.464. The Hall–Kier alpha value is -2.93. The summed E-state index contributed by atoms with van der Waals surface area (Å²) in [6.07, 6.45) is 1.50. The number of rotatable bonds is 11. The molecule has 2 rings (SSSR count). The Morgan fingerprint density at radius 3 is 2.20 bits per heavy atom. The second-order valence-corrected chi connectivity index (χ2v) is 10.3. The van der Waals surface area contributed by atoms with Crippen LogP contribution in [0, 0.1) is 17.8 Å². The van der Waals surface area contributed by atoms with Crippen LogP contribution < -0.4 is 24.2 Å². The molecule has 0 aliphatic rings. The predicted molar refractivity (Wildman–Crippen MR) is 137 cm³/mol. The van der Waals surface area contributed by atoms with E-state index in [1.807, 2.05) is 12.1 Å². The summed E-state index contributed by atoms with van der Waals surface area (Å²) in [6.45, 7) is 3.97. The lowest BCUT2D eigenvalue weighted by atomic mass is 10.0. The lowest BCUT2D eigenvalue weighted by Crippen LogP contribution is -2.49. The van der Waals surface area contributed by atoms with Crippen molar-refractivity contribution in [3.8, 4) is 29.1 Å². The lowest BCUT2D eigenvalue weighted by molar-refractivity contribution is -0.123. The first-order valence-electron chi connectivity index (χ1n) is 10.9. The molecule has 10 heteroatoms. The summed E-state index contributed by atoms with van der Waals surface area (Å²) >= 11 is 5.88. The lowest BCUT2D eigenvalue weighted by Gasteiger charge is -2.20. The Bertz CT molecular complexity index is 1150. The van der Waals surface area contributed by atoms with E-state index in [0.29, 0.717) is 35.2 Å². The van der Waals surface area contributed by atoms with Gasteiger partial charge in [-0.2, -0.15) is 0 Å². The second-order valence-electron chi connectivity index (χ2n) is 8.08. The zero-order chi connectivity index (χ0) is 26.0. The summed E-state index contributed by atoms with van der Waals surface area (Å²) in [5.74, 6) is 6.72. The Morgan fingerprint density at radius 2 is 1.69 bits per heavy atom. The number of benzene rings is 2. The smallest absolute Gasteiger partial charge is 0.238 e. The standard InChI is InChI=1S/C25H31ClN2O6S/c1-17(2)23(28-35(5,30)31)25(29)27-13-12-19-15-21(32-3)24(22(16-19)33-4)34-14-6-7-18-8-10-20(26)11-9-18/h8-11,15-17,23,28H,12-14H2,1-5H3,(H,27,29). The van der Waals surface area contributed by atoms with Gasteiger partial charge in [0, 0.05) is 17.1 Å². The topological polar surface area (TPSA) is 103 Å². The number of hydrogen-bond acceptors (Lipinski definition) is 6. The Morgan fingerprint density at radius 1 is 1.09 bits per heavy atom. The van der Waals surface area contributed by atoms with E-state index in [1.54, 1.807) is 38.1 Å². The van der Waals surface area contributed by atoms with Crippen molar-refractivity contribution >= 4 is 27.5 Å². The molecule has 2 aromatic carbocycles. The summed E-state index contributed by atoms with van der Waals surface area (Å²) < 4.78 is 42.2. The van der Waals surface area contributed by atoms with Crippen molar-refractivity contribution < 1.29 is 27.4 Å². The summed E-state index contributed by atoms with van der Waals surface area (Å²) in [5.41, 5.74) is 1.66. The van der Waals surface area contributed by atoms with Crippen LogP contribution in [0.4, 0.5) is 0 Å². The van der Waals surface area contributed by atoms with Gasteiger partial charge < -0.3 is 19.5 Å². The monoisotopic (exact) mass is 522 g/mol. The molecule has 0 radical (unpaired) electrons. The number of ether oxygens (including phenoxy) is 3. The first kappa shape index (κ1) is 28.3. The molecule has 1 amide bonds. The Kier molecular flexibility index (Phi) is 10.7. The third kappa shape index (κ3) is 9.32. The highest BCUT2D eigenvalue weighted by Crippen LogP contribution is 2.38. The van der Waals surface area contributed by atoms with Crippen molar-refractivity contribution in [1.82, 2.24) is 10.0 Å². The van der Waals surface area contributed by atoms with Crippen molar-refractivity contribution in [3.63, 3.8) is 0 Å². The number of nitrogens with one attached hydrogen (secondary N) is 2. The van der Waals surface area contributed by atoms with Crippen LogP contribution in [-0.2, 0) is 21.2 Å². The van der Waals surface area contributed by atoms with E-state index in [4.69, 9.17) is 25.8 Å². The molecule has 2 N–H and O–H groups in total. The molecule has 0 aliphatic heterocycles. The average molecular weight is 523 g/mol. The van der Waals surface area contributed by atoms with Crippen LogP contribution in [0.2, 0.25) is 5.02 Å². The highest BCUT2D eigenvalue weighted by molar-refractivity contribution is 7.88. The second kappa shape index (κ2) is 13.2. The molecule has 35 heavy (non-hydrogen) atoms. The summed E-state index contributed by atoms with van der Waals surface area (Å²) in [6, 6.07) is 9.93. The van der Waals surface area contributed by atoms with Gasteiger partial charge in [0.1, 0.15) is 12.6 Å². The number of halogens is 1. The van der Waals surface area contributed by atoms with Gasteiger partial charge in [0.2, 0.25) is 21.7 Å². The molecule has 8 nitrogen and oxygen atoms in total. The fourth-order valence-electron chi connectivity index (χ4n) is 3.16. The van der Waals surface area contributed by atoms with Crippen LogP contribution in [-0.4, -0.2) is 54.0 Å². The molecule has 190 valence electrons. The molecular weight excluding hydrogens is 492 g/mol. The van der Waals surface area contributed by atoms with E-state index >= 15 is 0 Å². The molecule has 0 fully saturated rings. The van der Waals surface area contributed by atoms with E-state index in [9.17, 15) is 13.2 Å². The molecular formula is C25H31ClN2O6S. The van der Waals surface area contributed by atoms with Crippen molar-refractivity contribution in [2.45, 2.75) is 26.3 Å². The molecule has 1 unspecified atom stereocenters. The molecule has 0 heterocycles. The van der Waals surface area contributed by atoms with Crippen LogP contribution in [0.25, 0.3) is 0 Å². The fourth-order valence-corrected chi connectivity index (χ4v) is 4.13. The first-order chi connectivity index (χ1) is 16.5. The maximum Gasteiger partial charge on any atom is 0.238 e. The number of hydrogen-bond donors (Lipinski definition) is 2. The van der Waals surface area contributed by atoms with E-state index in [1.165, 1.54) is 14.2 Å². The van der Waals surface area contributed by atoms with Crippen molar-refractivity contribution in [2.75, 3.05) is 33.6 Å². The first-order valence-corrected chi connectivity index (χ1v) is 13.2. The van der Waals surface area contributed by atoms with Crippen LogP contribution in [0.3, 0.4) is 0 Å². The SMILES string of the molecule is COc1cc(CCNC(=O)C(NS(C)(=O)=O)C(C)C)cc(OC)c1OCC#Cc1ccc(Cl)cc1. The van der Waals surface area contributed by atoms with Gasteiger partial charge in [0.05, 0.1) is 20.5 Å². The Balaban J connectivity index is 2.04. The van der Waals surface area contributed by atoms with Crippen molar-refractivity contribution in [2.24, 2.45) is 5.92 Å². The molecule has 1 atom stereocenters. The maximum atomic E-state index is 12.5. The van der Waals surface area contributed by atoms with Crippen LogP contribution in [0.15, 0.2) is 36.4 Å². The van der Waals surface area contributed by atoms with Crippen LogP contribution >= 0.6 is 11.6 Å². The van der Waals surface area contributed by atoms with Gasteiger partial charge in [-0.25, -0.2) is 13.1 Å². The zero-order valence-electron chi connectivity index (χ0n) is 20.5. The van der Waals surface area contributed by atoms with Gasteiger partial charge in [0.25, 0.3) is 0 Å². The fraction of sp³-hybridized carbons (Fsp3) is 0.400.